The second-order valence-corrected chi connectivity index (χ2v) is 3.55. The van der Waals surface area contributed by atoms with Crippen molar-refractivity contribution in [2.24, 2.45) is 12.2 Å². The number of hydrogen-bond donors (Lipinski definition) is 1. The van der Waals surface area contributed by atoms with Crippen LogP contribution in [0, 0.1) is 6.92 Å². The van der Waals surface area contributed by atoms with Crippen molar-refractivity contribution in [2.75, 3.05) is 0 Å². The van der Waals surface area contributed by atoms with Gasteiger partial charge in [-0.25, -0.2) is 4.79 Å². The summed E-state index contributed by atoms with van der Waals surface area (Å²) in [4.78, 5) is 11.7. The fraction of sp³-hybridized carbons (Fsp3) is 0.200. The maximum absolute atomic E-state index is 11.7. The van der Waals surface area contributed by atoms with Crippen molar-refractivity contribution in [3.8, 4) is 5.69 Å². The third-order valence-corrected chi connectivity index (χ3v) is 2.44. The third-order valence-electron chi connectivity index (χ3n) is 2.44. The summed E-state index contributed by atoms with van der Waals surface area (Å²) in [6, 6.07) is 5.35. The summed E-state index contributed by atoms with van der Waals surface area (Å²) in [6.07, 6.45) is 1.27. The van der Waals surface area contributed by atoms with E-state index in [1.54, 1.807) is 12.1 Å². The van der Waals surface area contributed by atoms with Crippen molar-refractivity contribution in [2.45, 2.75) is 6.92 Å². The molecule has 0 aliphatic rings. The van der Waals surface area contributed by atoms with E-state index in [0.717, 1.165) is 14.9 Å². The van der Waals surface area contributed by atoms with Crippen LogP contribution in [-0.4, -0.2) is 31.2 Å². The zero-order chi connectivity index (χ0) is 12.4. The van der Waals surface area contributed by atoms with E-state index in [1.165, 1.54) is 13.3 Å². The van der Waals surface area contributed by atoms with E-state index in [1.807, 2.05) is 13.0 Å². The molecule has 1 aromatic heterocycles. The van der Waals surface area contributed by atoms with Gasteiger partial charge in [-0.2, -0.15) is 9.36 Å². The van der Waals surface area contributed by atoms with Gasteiger partial charge >= 0.3 is 5.69 Å². The van der Waals surface area contributed by atoms with Gasteiger partial charge in [0, 0.05) is 12.6 Å². The van der Waals surface area contributed by atoms with Crippen LogP contribution in [0.25, 0.3) is 5.69 Å². The molecule has 1 aromatic carbocycles. The second-order valence-electron chi connectivity index (χ2n) is 3.55. The van der Waals surface area contributed by atoms with Crippen LogP contribution in [-0.2, 0) is 7.05 Å². The molecule has 7 nitrogen and oxygen atoms in total. The molecule has 0 spiro atoms. The molecular formula is C10H11N5O2. The Kier molecular flexibility index (Phi) is 2.73. The van der Waals surface area contributed by atoms with Gasteiger partial charge in [-0.15, -0.1) is 0 Å². The quantitative estimate of drug-likeness (QED) is 0.452. The Balaban J connectivity index is 2.71. The molecule has 0 bridgehead atoms. The standard InChI is InChI=1S/C10H11N5O2/c1-7-4-3-5-9(8(7)6-11-17)15-10(16)14(2)12-13-15/h3-6,17H,1-2H3/b11-6+. The molecule has 88 valence electrons. The minimum Gasteiger partial charge on any atom is -0.411 e. The Bertz CT molecular complexity index is 626. The number of aromatic nitrogens is 4. The predicted octanol–water partition coefficient (Wildman–Crippen LogP) is 0.0825. The van der Waals surface area contributed by atoms with E-state index >= 15 is 0 Å². The normalized spacial score (nSPS) is 11.2. The zero-order valence-corrected chi connectivity index (χ0v) is 9.40. The monoisotopic (exact) mass is 233 g/mol. The molecule has 0 radical (unpaired) electrons. The van der Waals surface area contributed by atoms with Crippen molar-refractivity contribution >= 4 is 6.21 Å². The SMILES string of the molecule is Cc1cccc(-n2nnn(C)c2=O)c1/C=N/O. The number of nitrogens with zero attached hydrogens (tertiary/aromatic N) is 5. The minimum atomic E-state index is -0.358. The summed E-state index contributed by atoms with van der Waals surface area (Å²) in [5, 5.41) is 19.0. The minimum absolute atomic E-state index is 0.358. The van der Waals surface area contributed by atoms with E-state index < -0.39 is 0 Å². The highest BCUT2D eigenvalue weighted by molar-refractivity contribution is 5.86. The smallest absolute Gasteiger partial charge is 0.368 e. The van der Waals surface area contributed by atoms with Crippen LogP contribution in [0.15, 0.2) is 28.1 Å². The lowest BCUT2D eigenvalue weighted by Gasteiger charge is -2.05. The van der Waals surface area contributed by atoms with Crippen molar-refractivity contribution in [1.29, 1.82) is 0 Å². The van der Waals surface area contributed by atoms with Crippen molar-refractivity contribution < 1.29 is 5.21 Å². The molecule has 0 amide bonds. The van der Waals surface area contributed by atoms with Crippen LogP contribution >= 0.6 is 0 Å². The Hall–Kier alpha value is -2.44. The number of aryl methyl sites for hydroxylation is 2. The van der Waals surface area contributed by atoms with E-state index in [2.05, 4.69) is 15.6 Å². The third kappa shape index (κ3) is 1.82. The first-order chi connectivity index (χ1) is 8.15. The number of tetrazole rings is 1. The number of benzene rings is 1. The zero-order valence-electron chi connectivity index (χ0n) is 9.40. The first kappa shape index (κ1) is 11.1. The Labute approximate surface area is 96.6 Å². The summed E-state index contributed by atoms with van der Waals surface area (Å²) in [6.45, 7) is 1.85. The molecule has 2 aromatic rings. The van der Waals surface area contributed by atoms with E-state index in [4.69, 9.17) is 5.21 Å². The summed E-state index contributed by atoms with van der Waals surface area (Å²) in [7, 11) is 1.52. The van der Waals surface area contributed by atoms with Crippen LogP contribution in [0.3, 0.4) is 0 Å². The maximum Gasteiger partial charge on any atom is 0.368 e. The molecular weight excluding hydrogens is 222 g/mol. The van der Waals surface area contributed by atoms with Gasteiger partial charge in [0.05, 0.1) is 11.9 Å². The Morgan fingerprint density at radius 1 is 1.41 bits per heavy atom. The van der Waals surface area contributed by atoms with E-state index in [9.17, 15) is 4.79 Å². The van der Waals surface area contributed by atoms with Gasteiger partial charge in [0.2, 0.25) is 0 Å². The average Bonchev–Trinajstić information content (AvgIpc) is 2.63. The van der Waals surface area contributed by atoms with Gasteiger partial charge < -0.3 is 5.21 Å². The molecule has 1 heterocycles. The summed E-state index contributed by atoms with van der Waals surface area (Å²) in [5.74, 6) is 0. The van der Waals surface area contributed by atoms with Crippen LogP contribution < -0.4 is 5.69 Å². The Morgan fingerprint density at radius 3 is 2.76 bits per heavy atom. The summed E-state index contributed by atoms with van der Waals surface area (Å²) < 4.78 is 2.28. The van der Waals surface area contributed by atoms with Gasteiger partial charge in [-0.1, -0.05) is 17.3 Å². The number of rotatable bonds is 2. The lowest BCUT2D eigenvalue weighted by atomic mass is 10.1. The molecule has 0 aliphatic carbocycles. The summed E-state index contributed by atoms with van der Waals surface area (Å²) >= 11 is 0. The van der Waals surface area contributed by atoms with Crippen LogP contribution in [0.2, 0.25) is 0 Å². The highest BCUT2D eigenvalue weighted by Gasteiger charge is 2.11. The van der Waals surface area contributed by atoms with Gasteiger partial charge in [0.1, 0.15) is 0 Å². The molecule has 2 rings (SSSR count). The summed E-state index contributed by atoms with van der Waals surface area (Å²) in [5.41, 5.74) is 1.67. The van der Waals surface area contributed by atoms with Gasteiger partial charge in [0.25, 0.3) is 0 Å². The molecule has 17 heavy (non-hydrogen) atoms. The molecule has 0 unspecified atom stereocenters. The predicted molar refractivity (Wildman–Crippen MR) is 60.7 cm³/mol. The van der Waals surface area contributed by atoms with Gasteiger partial charge in [-0.3, -0.25) is 0 Å². The van der Waals surface area contributed by atoms with Crippen LogP contribution in [0.1, 0.15) is 11.1 Å². The van der Waals surface area contributed by atoms with Crippen molar-refractivity contribution in [1.82, 2.24) is 19.8 Å². The molecule has 7 heteroatoms. The molecule has 0 aliphatic heterocycles. The van der Waals surface area contributed by atoms with E-state index in [0.29, 0.717) is 11.3 Å². The first-order valence-electron chi connectivity index (χ1n) is 4.91. The number of oxime groups is 1. The average molecular weight is 233 g/mol. The highest BCUT2D eigenvalue weighted by atomic mass is 16.4. The fourth-order valence-electron chi connectivity index (χ4n) is 1.54. The first-order valence-corrected chi connectivity index (χ1v) is 4.91. The molecule has 1 N–H and O–H groups in total. The van der Waals surface area contributed by atoms with Gasteiger partial charge in [-0.05, 0) is 29.0 Å². The van der Waals surface area contributed by atoms with Crippen LogP contribution in [0.5, 0.6) is 0 Å². The van der Waals surface area contributed by atoms with E-state index in [-0.39, 0.29) is 5.69 Å². The highest BCUT2D eigenvalue weighted by Crippen LogP contribution is 2.14. The van der Waals surface area contributed by atoms with Crippen molar-refractivity contribution in [3.05, 3.63) is 39.8 Å². The van der Waals surface area contributed by atoms with Crippen LogP contribution in [0.4, 0.5) is 0 Å². The lowest BCUT2D eigenvalue weighted by molar-refractivity contribution is 0.322. The Morgan fingerprint density at radius 2 is 2.18 bits per heavy atom. The molecule has 0 fully saturated rings. The van der Waals surface area contributed by atoms with Gasteiger partial charge in [0.15, 0.2) is 0 Å². The largest absolute Gasteiger partial charge is 0.411 e. The maximum atomic E-state index is 11.7. The topological polar surface area (TPSA) is 85.3 Å². The van der Waals surface area contributed by atoms with Crippen molar-refractivity contribution in [3.63, 3.8) is 0 Å². The molecule has 0 atom stereocenters. The molecule has 0 saturated carbocycles. The second kappa shape index (κ2) is 4.20. The lowest BCUT2D eigenvalue weighted by Crippen LogP contribution is -2.23. The molecule has 0 saturated heterocycles. The number of hydrogen-bond acceptors (Lipinski definition) is 5. The fourth-order valence-corrected chi connectivity index (χ4v) is 1.54.